The monoisotopic (exact) mass is 293 g/mol. The van der Waals surface area contributed by atoms with Gasteiger partial charge in [0.1, 0.15) is 0 Å². The maximum atomic E-state index is 11.9. The van der Waals surface area contributed by atoms with Gasteiger partial charge in [-0.15, -0.1) is 0 Å². The van der Waals surface area contributed by atoms with Gasteiger partial charge < -0.3 is 10.1 Å². The van der Waals surface area contributed by atoms with Crippen LogP contribution in [0, 0.1) is 0 Å². The first-order valence-electron chi connectivity index (χ1n) is 9.03. The van der Waals surface area contributed by atoms with Crippen LogP contribution in [0.25, 0.3) is 0 Å². The van der Waals surface area contributed by atoms with E-state index in [9.17, 15) is 4.79 Å². The molecule has 0 unspecified atom stereocenters. The number of carbonyl (C=O) groups excluding carboxylic acids is 1. The van der Waals surface area contributed by atoms with Gasteiger partial charge in [-0.05, 0) is 18.4 Å². The van der Waals surface area contributed by atoms with Crippen LogP contribution in [0.2, 0.25) is 0 Å². The second kappa shape index (κ2) is 7.57. The lowest BCUT2D eigenvalue weighted by molar-refractivity contribution is -0.124. The number of nitrogens with one attached hydrogen (secondary N) is 1. The van der Waals surface area contributed by atoms with Crippen molar-refractivity contribution in [3.63, 3.8) is 0 Å². The molecule has 2 rings (SSSR count). The summed E-state index contributed by atoms with van der Waals surface area (Å²) in [4.78, 5) is 14.2. The van der Waals surface area contributed by atoms with Crippen molar-refractivity contribution >= 4 is 5.91 Å². The van der Waals surface area contributed by atoms with Gasteiger partial charge in [0.05, 0.1) is 16.3 Å². The third-order valence-electron chi connectivity index (χ3n) is 4.14. The van der Waals surface area contributed by atoms with Crippen LogP contribution in [0.4, 0.5) is 0 Å². The fourth-order valence-corrected chi connectivity index (χ4v) is 2.81. The Balaban J connectivity index is 1.96. The third-order valence-corrected chi connectivity index (χ3v) is 4.14. The lowest BCUT2D eigenvalue weighted by atomic mass is 9.87. The number of likely N-dealkylation sites (tertiary alicyclic amines) is 1. The molecule has 1 heterocycles. The molecule has 0 atom stereocenters. The van der Waals surface area contributed by atoms with Crippen LogP contribution in [-0.2, 0) is 16.1 Å². The largest absolute Gasteiger partial charge is 0.382 e. The minimum atomic E-state index is -2.44. The molecule has 1 amide bonds. The number of amides is 1. The summed E-state index contributed by atoms with van der Waals surface area (Å²) < 4.78 is 26.8. The molecule has 1 fully saturated rings. The zero-order valence-electron chi connectivity index (χ0n) is 15.6. The van der Waals surface area contributed by atoms with Gasteiger partial charge in [0, 0.05) is 33.1 Å². The van der Waals surface area contributed by atoms with E-state index in [0.29, 0.717) is 19.3 Å². The summed E-state index contributed by atoms with van der Waals surface area (Å²) in [6.45, 7) is 4.26. The predicted octanol–water partition coefficient (Wildman–Crippen LogP) is 2.19. The number of methoxy groups -OCH3 is 1. The third kappa shape index (κ3) is 4.55. The van der Waals surface area contributed by atoms with E-state index in [4.69, 9.17) is 8.85 Å². The number of rotatable bonds is 6. The van der Waals surface area contributed by atoms with Crippen molar-refractivity contribution in [2.24, 2.45) is 0 Å². The van der Waals surface area contributed by atoms with Gasteiger partial charge in [0.25, 0.3) is 0 Å². The quantitative estimate of drug-likeness (QED) is 0.874. The summed E-state index contributed by atoms with van der Waals surface area (Å²) in [7, 11) is -2.44. The lowest BCUT2D eigenvalue weighted by Gasteiger charge is -2.42. The Morgan fingerprint density at radius 2 is 2.10 bits per heavy atom. The number of piperidine rings is 1. The predicted molar refractivity (Wildman–Crippen MR) is 84.0 cm³/mol. The molecule has 1 aromatic rings. The number of hydrogen-bond donors (Lipinski definition) is 1. The van der Waals surface area contributed by atoms with E-state index < -0.39 is 12.6 Å². The lowest BCUT2D eigenvalue weighted by Crippen LogP contribution is -2.57. The fraction of sp³-hybridized carbons (Fsp3) is 0.588. The molecule has 1 aromatic carbocycles. The van der Waals surface area contributed by atoms with Gasteiger partial charge >= 0.3 is 0 Å². The number of carbonyl (C=O) groups is 1. The smallest absolute Gasteiger partial charge is 0.220 e. The molecule has 0 aliphatic carbocycles. The Bertz CT molecular complexity index is 526. The number of nitrogens with zero attached hydrogens (tertiary/aromatic N) is 1. The molecule has 0 saturated carbocycles. The van der Waals surface area contributed by atoms with Crippen LogP contribution in [0.15, 0.2) is 30.3 Å². The Morgan fingerprint density at radius 1 is 1.38 bits per heavy atom. The molecule has 4 nitrogen and oxygen atoms in total. The van der Waals surface area contributed by atoms with Crippen LogP contribution < -0.4 is 5.32 Å². The minimum Gasteiger partial charge on any atom is -0.382 e. The highest BCUT2D eigenvalue weighted by Crippen LogP contribution is 2.24. The van der Waals surface area contributed by atoms with Crippen LogP contribution >= 0.6 is 0 Å². The molecule has 1 aliphatic rings. The average molecular weight is 293 g/mol. The first kappa shape index (κ1) is 12.2. The Morgan fingerprint density at radius 3 is 2.71 bits per heavy atom. The summed E-state index contributed by atoms with van der Waals surface area (Å²) in [6.07, 6.45) is 1.74. The van der Waals surface area contributed by atoms with Crippen molar-refractivity contribution in [3.8, 4) is 0 Å². The number of hydrogen-bond acceptors (Lipinski definition) is 3. The summed E-state index contributed by atoms with van der Waals surface area (Å²) in [6, 6.07) is 10.2. The van der Waals surface area contributed by atoms with Gasteiger partial charge in [0.15, 0.2) is 0 Å². The van der Waals surface area contributed by atoms with E-state index in [1.807, 2.05) is 18.2 Å². The molecule has 1 aliphatic heterocycles. The summed E-state index contributed by atoms with van der Waals surface area (Å²) in [5, 5.41) is 3.00. The van der Waals surface area contributed by atoms with Crippen LogP contribution in [-0.4, -0.2) is 43.1 Å². The normalized spacial score (nSPS) is 21.1. The standard InChI is InChI=1S/C17H26N2O2/c1-3-16(20)18-17(14-21-2)9-11-19(12-10-17)13-15-7-5-4-6-8-15/h4-8H,3,9-14H2,1-2H3,(H,18,20)/i2D3. The van der Waals surface area contributed by atoms with Crippen LogP contribution in [0.1, 0.15) is 35.9 Å². The molecular weight excluding hydrogens is 264 g/mol. The van der Waals surface area contributed by atoms with E-state index in [1.54, 1.807) is 6.92 Å². The Labute approximate surface area is 131 Å². The molecule has 0 radical (unpaired) electrons. The molecule has 0 bridgehead atoms. The van der Waals surface area contributed by atoms with E-state index in [1.165, 1.54) is 5.56 Å². The highest BCUT2D eigenvalue weighted by atomic mass is 16.5. The zero-order valence-corrected chi connectivity index (χ0v) is 12.6. The molecule has 1 N–H and O–H groups in total. The SMILES string of the molecule is [2H]C([2H])([2H])OCC1(NC(=O)CC)CCN(Cc2ccccc2)CC1. The van der Waals surface area contributed by atoms with Crippen molar-refractivity contribution in [3.05, 3.63) is 35.9 Å². The van der Waals surface area contributed by atoms with E-state index in [-0.39, 0.29) is 12.5 Å². The molecule has 4 heteroatoms. The van der Waals surface area contributed by atoms with Crippen LogP contribution in [0.5, 0.6) is 0 Å². The van der Waals surface area contributed by atoms with Crippen molar-refractivity contribution in [1.82, 2.24) is 10.2 Å². The molecule has 0 spiro atoms. The van der Waals surface area contributed by atoms with Crippen LogP contribution in [0.3, 0.4) is 0 Å². The van der Waals surface area contributed by atoms with E-state index >= 15 is 0 Å². The van der Waals surface area contributed by atoms with Gasteiger partial charge in [-0.1, -0.05) is 37.3 Å². The molecule has 116 valence electrons. The van der Waals surface area contributed by atoms with Gasteiger partial charge in [-0.25, -0.2) is 0 Å². The highest BCUT2D eigenvalue weighted by molar-refractivity contribution is 5.76. The maximum Gasteiger partial charge on any atom is 0.220 e. The molecule has 0 aromatic heterocycles. The van der Waals surface area contributed by atoms with E-state index in [2.05, 4.69) is 22.3 Å². The Hall–Kier alpha value is -1.39. The average Bonchev–Trinajstić information content (AvgIpc) is 2.55. The minimum absolute atomic E-state index is 0.0222. The Kier molecular flexibility index (Phi) is 4.39. The maximum absolute atomic E-state index is 11.9. The highest BCUT2D eigenvalue weighted by Gasteiger charge is 2.35. The number of benzene rings is 1. The zero-order chi connectivity index (χ0) is 17.6. The van der Waals surface area contributed by atoms with Gasteiger partial charge in [-0.3, -0.25) is 9.69 Å². The van der Waals surface area contributed by atoms with Crippen molar-refractivity contribution < 1.29 is 13.6 Å². The second-order valence-electron chi connectivity index (χ2n) is 5.73. The van der Waals surface area contributed by atoms with Gasteiger partial charge in [0.2, 0.25) is 5.91 Å². The van der Waals surface area contributed by atoms with Gasteiger partial charge in [-0.2, -0.15) is 0 Å². The summed E-state index contributed by atoms with van der Waals surface area (Å²) >= 11 is 0. The summed E-state index contributed by atoms with van der Waals surface area (Å²) in [5.74, 6) is -0.0688. The van der Waals surface area contributed by atoms with Crippen molar-refractivity contribution in [2.75, 3.05) is 26.7 Å². The second-order valence-corrected chi connectivity index (χ2v) is 5.73. The molecule has 1 saturated heterocycles. The first-order chi connectivity index (χ1) is 11.3. The molecular formula is C17H26N2O2. The van der Waals surface area contributed by atoms with Crippen molar-refractivity contribution in [1.29, 1.82) is 0 Å². The summed E-state index contributed by atoms with van der Waals surface area (Å²) in [5.41, 5.74) is 0.663. The molecule has 21 heavy (non-hydrogen) atoms. The fourth-order valence-electron chi connectivity index (χ4n) is 2.81. The topological polar surface area (TPSA) is 41.6 Å². The van der Waals surface area contributed by atoms with Crippen molar-refractivity contribution in [2.45, 2.75) is 38.3 Å². The number of ether oxygens (including phenoxy) is 1. The first-order valence-corrected chi connectivity index (χ1v) is 7.53. The van der Waals surface area contributed by atoms with E-state index in [0.717, 1.165) is 19.6 Å².